The summed E-state index contributed by atoms with van der Waals surface area (Å²) in [6.45, 7) is 10.8. The number of hydrogen-bond acceptors (Lipinski definition) is 10. The van der Waals surface area contributed by atoms with Crippen molar-refractivity contribution in [2.75, 3.05) is 26.2 Å². The van der Waals surface area contributed by atoms with E-state index in [2.05, 4.69) is 14.7 Å². The summed E-state index contributed by atoms with van der Waals surface area (Å²) in [6, 6.07) is -2.75. The van der Waals surface area contributed by atoms with E-state index < -0.39 is 57.8 Å². The molecule has 17 heteroatoms. The van der Waals surface area contributed by atoms with Gasteiger partial charge in [-0.15, -0.1) is 4.28 Å². The number of piperidine rings is 1. The first-order valence-corrected chi connectivity index (χ1v) is 14.5. The van der Waals surface area contributed by atoms with E-state index in [1.807, 2.05) is 0 Å². The molecular weight excluding hydrogens is 564 g/mol. The minimum absolute atomic E-state index is 0.0455. The number of hydrogen-bond donors (Lipinski definition) is 2. The number of alkyl carbamates (subject to hydrolysis) is 1. The number of hydroxylamine groups is 2. The average Bonchev–Trinajstić information content (AvgIpc) is 3.38. The van der Waals surface area contributed by atoms with Crippen LogP contribution in [0, 0.1) is 5.92 Å². The number of fused-ring (bicyclic) bond motifs is 4. The maximum atomic E-state index is 13.4. The largest absolute Gasteiger partial charge is 0.444 e. The molecule has 2 saturated heterocycles. The van der Waals surface area contributed by atoms with E-state index in [0.29, 0.717) is 36.6 Å². The molecule has 4 amide bonds. The number of nitrogens with one attached hydrogen (secondary N) is 1. The third-order valence-corrected chi connectivity index (χ3v) is 6.99. The first-order valence-electron chi connectivity index (χ1n) is 13.2. The molecule has 228 valence electrons. The van der Waals surface area contributed by atoms with Crippen LogP contribution in [0.4, 0.5) is 14.4 Å². The lowest BCUT2D eigenvalue weighted by atomic mass is 9.96. The lowest BCUT2D eigenvalue weighted by Gasteiger charge is -2.32. The van der Waals surface area contributed by atoms with Crippen molar-refractivity contribution < 1.29 is 45.9 Å². The zero-order chi connectivity index (χ0) is 30.5. The number of carbonyl (C=O) groups is 4. The first kappa shape index (κ1) is 30.5. The van der Waals surface area contributed by atoms with Gasteiger partial charge in [0.15, 0.2) is 0 Å². The maximum Gasteiger partial charge on any atom is 0.418 e. The van der Waals surface area contributed by atoms with E-state index in [0.717, 1.165) is 4.68 Å². The average molecular weight is 601 g/mol. The molecule has 1 aromatic rings. The Morgan fingerprint density at radius 3 is 2.24 bits per heavy atom. The second-order valence-corrected chi connectivity index (χ2v) is 13.2. The molecule has 3 aliphatic heterocycles. The van der Waals surface area contributed by atoms with Crippen molar-refractivity contribution in [1.82, 2.24) is 30.0 Å². The normalized spacial score (nSPS) is 21.5. The van der Waals surface area contributed by atoms with Crippen LogP contribution in [0.1, 0.15) is 82.5 Å². The van der Waals surface area contributed by atoms with E-state index in [1.54, 1.807) is 46.4 Å². The molecule has 1 unspecified atom stereocenters. The van der Waals surface area contributed by atoms with Gasteiger partial charge in [0.05, 0.1) is 18.3 Å². The molecule has 0 radical (unpaired) electrons. The van der Waals surface area contributed by atoms with Gasteiger partial charge in [-0.2, -0.15) is 18.6 Å². The highest BCUT2D eigenvalue weighted by atomic mass is 32.3. The number of carbonyl (C=O) groups excluding carboxylic acids is 4. The van der Waals surface area contributed by atoms with Crippen molar-refractivity contribution in [3.8, 4) is 0 Å². The standard InChI is InChI=1S/C24H36N6O10S/c1-23(2,3)38-20(32)25-11-16-18-15(17-13-28(16)21(33)30(17)40-41(35,36)37)12-29(26-18)19(31)14-7-9-27(10-8-14)22(34)39-24(4,5)6/h12,14,16-17H,7-11,13H2,1-6H3,(H,25,32)(H,35,36,37)/t16?,17-/m1/s1. The summed E-state index contributed by atoms with van der Waals surface area (Å²) in [5.41, 5.74) is -0.835. The Labute approximate surface area is 237 Å². The molecule has 0 aliphatic carbocycles. The lowest BCUT2D eigenvalue weighted by molar-refractivity contribution is -0.0317. The van der Waals surface area contributed by atoms with Gasteiger partial charge in [-0.3, -0.25) is 9.35 Å². The molecule has 1 aromatic heterocycles. The summed E-state index contributed by atoms with van der Waals surface area (Å²) < 4.78 is 48.6. The monoisotopic (exact) mass is 600 g/mol. The fourth-order valence-electron chi connectivity index (χ4n) is 4.97. The molecular formula is C24H36N6O10S. The highest BCUT2D eigenvalue weighted by Crippen LogP contribution is 2.43. The zero-order valence-electron chi connectivity index (χ0n) is 23.8. The molecule has 16 nitrogen and oxygen atoms in total. The number of rotatable bonds is 5. The van der Waals surface area contributed by atoms with E-state index in [-0.39, 0.29) is 24.7 Å². The van der Waals surface area contributed by atoms with E-state index in [4.69, 9.17) is 9.47 Å². The minimum Gasteiger partial charge on any atom is -0.444 e. The number of likely N-dealkylation sites (tertiary alicyclic amines) is 1. The van der Waals surface area contributed by atoms with Crippen molar-refractivity contribution in [1.29, 1.82) is 0 Å². The predicted molar refractivity (Wildman–Crippen MR) is 140 cm³/mol. The van der Waals surface area contributed by atoms with Crippen LogP contribution < -0.4 is 5.32 Å². The molecule has 4 rings (SSSR count). The highest BCUT2D eigenvalue weighted by Gasteiger charge is 2.52. The van der Waals surface area contributed by atoms with Crippen molar-refractivity contribution in [2.24, 2.45) is 5.92 Å². The lowest BCUT2D eigenvalue weighted by Crippen LogP contribution is -2.44. The van der Waals surface area contributed by atoms with Crippen molar-refractivity contribution in [3.63, 3.8) is 0 Å². The fraction of sp³-hybridized carbons (Fsp3) is 0.708. The van der Waals surface area contributed by atoms with Gasteiger partial charge in [-0.1, -0.05) is 0 Å². The molecule has 2 N–H and O–H groups in total. The molecule has 2 fully saturated rings. The number of aromatic nitrogens is 2. The van der Waals surface area contributed by atoms with Crippen LogP contribution in [0.25, 0.3) is 0 Å². The topological polar surface area (TPSA) is 190 Å². The Kier molecular flexibility index (Phi) is 8.01. The SMILES string of the molecule is CC(C)(C)OC(=O)NCC1c2nn(C(=O)C3CCN(C(=O)OC(C)(C)C)CC3)cc2[C@H]2CN1C(=O)N2OS(=O)(=O)O. The quantitative estimate of drug-likeness (QED) is 0.472. The predicted octanol–water partition coefficient (Wildman–Crippen LogP) is 2.26. The summed E-state index contributed by atoms with van der Waals surface area (Å²) in [7, 11) is -5.04. The van der Waals surface area contributed by atoms with Crippen LogP contribution in [-0.4, -0.2) is 99.1 Å². The van der Waals surface area contributed by atoms with Gasteiger partial charge in [-0.25, -0.2) is 19.1 Å². The molecule has 2 atom stereocenters. The first-order chi connectivity index (χ1) is 18.8. The number of amides is 4. The van der Waals surface area contributed by atoms with Gasteiger partial charge >= 0.3 is 28.6 Å². The van der Waals surface area contributed by atoms with Gasteiger partial charge < -0.3 is 24.6 Å². The number of urea groups is 1. The number of ether oxygens (including phenoxy) is 2. The zero-order valence-corrected chi connectivity index (χ0v) is 24.6. The Balaban J connectivity index is 1.55. The van der Waals surface area contributed by atoms with Gasteiger partial charge in [0.25, 0.3) is 0 Å². The Hall–Kier alpha value is -3.44. The van der Waals surface area contributed by atoms with E-state index in [1.165, 1.54) is 11.1 Å². The minimum atomic E-state index is -5.04. The van der Waals surface area contributed by atoms with Crippen LogP contribution in [-0.2, 0) is 24.2 Å². The summed E-state index contributed by atoms with van der Waals surface area (Å²) in [5.74, 6) is -0.806. The van der Waals surface area contributed by atoms with Crippen LogP contribution in [0.5, 0.6) is 0 Å². The summed E-state index contributed by atoms with van der Waals surface area (Å²) >= 11 is 0. The van der Waals surface area contributed by atoms with Gasteiger partial charge in [0, 0.05) is 37.3 Å². The third-order valence-electron chi connectivity index (χ3n) is 6.65. The van der Waals surface area contributed by atoms with Crippen LogP contribution in [0.2, 0.25) is 0 Å². The van der Waals surface area contributed by atoms with E-state index in [9.17, 15) is 32.1 Å². The number of nitrogens with zero attached hydrogens (tertiary/aromatic N) is 5. The second-order valence-electron chi connectivity index (χ2n) is 12.2. The summed E-state index contributed by atoms with van der Waals surface area (Å²) in [6.07, 6.45) is 0.952. The maximum absolute atomic E-state index is 13.4. The fourth-order valence-corrected chi connectivity index (χ4v) is 5.34. The smallest absolute Gasteiger partial charge is 0.418 e. The molecule has 0 saturated carbocycles. The van der Waals surface area contributed by atoms with E-state index >= 15 is 0 Å². The molecule has 0 spiro atoms. The van der Waals surface area contributed by atoms with Crippen molar-refractivity contribution >= 4 is 34.5 Å². The second kappa shape index (κ2) is 10.8. The molecule has 0 aromatic carbocycles. The highest BCUT2D eigenvalue weighted by molar-refractivity contribution is 7.80. The van der Waals surface area contributed by atoms with Crippen molar-refractivity contribution in [2.45, 2.75) is 77.7 Å². The summed E-state index contributed by atoms with van der Waals surface area (Å²) in [5, 5.41) is 7.55. The van der Waals surface area contributed by atoms with Gasteiger partial charge in [0.1, 0.15) is 17.2 Å². The van der Waals surface area contributed by atoms with Gasteiger partial charge in [-0.05, 0) is 54.4 Å². The Morgan fingerprint density at radius 1 is 1.07 bits per heavy atom. The molecule has 2 bridgehead atoms. The summed E-state index contributed by atoms with van der Waals surface area (Å²) in [4.78, 5) is 54.0. The Morgan fingerprint density at radius 2 is 1.68 bits per heavy atom. The molecule has 3 aliphatic rings. The van der Waals surface area contributed by atoms with Crippen LogP contribution in [0.15, 0.2) is 6.20 Å². The molecule has 41 heavy (non-hydrogen) atoms. The van der Waals surface area contributed by atoms with Crippen LogP contribution >= 0.6 is 0 Å². The third kappa shape index (κ3) is 7.08. The van der Waals surface area contributed by atoms with Gasteiger partial charge in [0.2, 0.25) is 5.91 Å². The van der Waals surface area contributed by atoms with Crippen LogP contribution in [0.3, 0.4) is 0 Å². The van der Waals surface area contributed by atoms with Crippen molar-refractivity contribution in [3.05, 3.63) is 17.5 Å². The Bertz CT molecular complexity index is 1320. The molecule has 4 heterocycles.